The Morgan fingerprint density at radius 3 is 2.86 bits per heavy atom. The Bertz CT molecular complexity index is 708. The standard InChI is InChI=1S/C17H20N4O/c1-19-11-9-16(18-19)21-10-4-7-15(17(21)22)20-12-8-13-5-2-3-6-14(13)20/h2-3,5-6,9,11,15H,4,7-8,10,12H2,1H3/t15-/m0/s1. The summed E-state index contributed by atoms with van der Waals surface area (Å²) in [6, 6.07) is 10.3. The number of hydrogen-bond donors (Lipinski definition) is 0. The first-order chi connectivity index (χ1) is 10.7. The molecule has 0 unspecified atom stereocenters. The highest BCUT2D eigenvalue weighted by molar-refractivity contribution is 5.99. The minimum Gasteiger partial charge on any atom is -0.359 e. The molecule has 0 bridgehead atoms. The van der Waals surface area contributed by atoms with E-state index in [0.717, 1.165) is 38.2 Å². The predicted molar refractivity (Wildman–Crippen MR) is 86.1 cm³/mol. The third-order valence-electron chi connectivity index (χ3n) is 4.69. The van der Waals surface area contributed by atoms with Crippen molar-refractivity contribution < 1.29 is 4.79 Å². The van der Waals surface area contributed by atoms with Gasteiger partial charge in [-0.05, 0) is 30.9 Å². The van der Waals surface area contributed by atoms with E-state index in [1.807, 2.05) is 24.2 Å². The minimum atomic E-state index is -0.0561. The summed E-state index contributed by atoms with van der Waals surface area (Å²) in [6.07, 6.45) is 4.86. The number of hydrogen-bond acceptors (Lipinski definition) is 3. The van der Waals surface area contributed by atoms with E-state index in [0.29, 0.717) is 0 Å². The fraction of sp³-hybridized carbons (Fsp3) is 0.412. The van der Waals surface area contributed by atoms with E-state index in [1.165, 1.54) is 11.3 Å². The number of fused-ring (bicyclic) bond motifs is 1. The van der Waals surface area contributed by atoms with E-state index in [4.69, 9.17) is 0 Å². The van der Waals surface area contributed by atoms with Gasteiger partial charge in [0.25, 0.3) is 5.91 Å². The quantitative estimate of drug-likeness (QED) is 0.851. The molecule has 1 atom stereocenters. The second-order valence-electron chi connectivity index (χ2n) is 6.07. The fourth-order valence-electron chi connectivity index (χ4n) is 3.61. The molecule has 0 aliphatic carbocycles. The van der Waals surface area contributed by atoms with Crippen LogP contribution in [0.5, 0.6) is 0 Å². The van der Waals surface area contributed by atoms with Gasteiger partial charge in [-0.1, -0.05) is 18.2 Å². The highest BCUT2D eigenvalue weighted by Gasteiger charge is 2.37. The summed E-state index contributed by atoms with van der Waals surface area (Å²) >= 11 is 0. The first-order valence-electron chi connectivity index (χ1n) is 7.89. The number of benzene rings is 1. The summed E-state index contributed by atoms with van der Waals surface area (Å²) in [5, 5.41) is 4.39. The summed E-state index contributed by atoms with van der Waals surface area (Å²) in [6.45, 7) is 1.70. The number of aryl methyl sites for hydroxylation is 1. The topological polar surface area (TPSA) is 41.4 Å². The monoisotopic (exact) mass is 296 g/mol. The fourth-order valence-corrected chi connectivity index (χ4v) is 3.61. The lowest BCUT2D eigenvalue weighted by atomic mass is 10.0. The summed E-state index contributed by atoms with van der Waals surface area (Å²) in [5.41, 5.74) is 2.58. The van der Waals surface area contributed by atoms with E-state index >= 15 is 0 Å². The lowest BCUT2D eigenvalue weighted by Gasteiger charge is -2.37. The average Bonchev–Trinajstić information content (AvgIpc) is 3.14. The molecule has 0 spiro atoms. The number of rotatable bonds is 2. The van der Waals surface area contributed by atoms with Gasteiger partial charge in [-0.3, -0.25) is 14.4 Å². The van der Waals surface area contributed by atoms with Gasteiger partial charge >= 0.3 is 0 Å². The molecular formula is C17H20N4O. The van der Waals surface area contributed by atoms with Crippen molar-refractivity contribution in [2.24, 2.45) is 7.05 Å². The van der Waals surface area contributed by atoms with Crippen molar-refractivity contribution in [1.82, 2.24) is 9.78 Å². The summed E-state index contributed by atoms with van der Waals surface area (Å²) in [7, 11) is 1.88. The van der Waals surface area contributed by atoms with Crippen LogP contribution in [0.2, 0.25) is 0 Å². The van der Waals surface area contributed by atoms with Crippen LogP contribution in [0, 0.1) is 0 Å². The first kappa shape index (κ1) is 13.4. The molecule has 1 saturated heterocycles. The van der Waals surface area contributed by atoms with E-state index < -0.39 is 0 Å². The van der Waals surface area contributed by atoms with Gasteiger partial charge < -0.3 is 4.90 Å². The maximum absolute atomic E-state index is 13.0. The van der Waals surface area contributed by atoms with E-state index in [-0.39, 0.29) is 11.9 Å². The Balaban J connectivity index is 1.62. The molecule has 114 valence electrons. The first-order valence-corrected chi connectivity index (χ1v) is 7.89. The van der Waals surface area contributed by atoms with Gasteiger partial charge in [0.15, 0.2) is 5.82 Å². The van der Waals surface area contributed by atoms with Gasteiger partial charge in [0, 0.05) is 38.1 Å². The number of para-hydroxylation sites is 1. The number of piperidine rings is 1. The summed E-state index contributed by atoms with van der Waals surface area (Å²) in [5.74, 6) is 0.950. The zero-order chi connectivity index (χ0) is 15.1. The maximum atomic E-state index is 13.0. The zero-order valence-corrected chi connectivity index (χ0v) is 12.8. The highest BCUT2D eigenvalue weighted by Crippen LogP contribution is 2.33. The van der Waals surface area contributed by atoms with Gasteiger partial charge in [0.05, 0.1) is 0 Å². The van der Waals surface area contributed by atoms with Gasteiger partial charge in [-0.15, -0.1) is 0 Å². The zero-order valence-electron chi connectivity index (χ0n) is 12.8. The molecule has 1 aromatic carbocycles. The molecule has 0 saturated carbocycles. The number of aromatic nitrogens is 2. The van der Waals surface area contributed by atoms with Crippen LogP contribution in [0.25, 0.3) is 0 Å². The predicted octanol–water partition coefficient (Wildman–Crippen LogP) is 1.98. The molecule has 2 aliphatic rings. The van der Waals surface area contributed by atoms with Crippen LogP contribution in [-0.4, -0.2) is 34.8 Å². The molecular weight excluding hydrogens is 276 g/mol. The molecule has 5 heteroatoms. The van der Waals surface area contributed by atoms with Crippen LogP contribution in [0.3, 0.4) is 0 Å². The third-order valence-corrected chi connectivity index (χ3v) is 4.69. The molecule has 1 aromatic heterocycles. The second kappa shape index (κ2) is 5.16. The average molecular weight is 296 g/mol. The van der Waals surface area contributed by atoms with Crippen LogP contribution < -0.4 is 9.80 Å². The van der Waals surface area contributed by atoms with Crippen LogP contribution in [0.15, 0.2) is 36.5 Å². The molecule has 5 nitrogen and oxygen atoms in total. The molecule has 3 heterocycles. The van der Waals surface area contributed by atoms with Gasteiger partial charge in [0.1, 0.15) is 6.04 Å². The minimum absolute atomic E-state index is 0.0561. The van der Waals surface area contributed by atoms with E-state index in [1.54, 1.807) is 4.68 Å². The lowest BCUT2D eigenvalue weighted by molar-refractivity contribution is -0.121. The lowest BCUT2D eigenvalue weighted by Crippen LogP contribution is -2.52. The molecule has 1 amide bonds. The van der Waals surface area contributed by atoms with Crippen molar-refractivity contribution in [2.45, 2.75) is 25.3 Å². The molecule has 22 heavy (non-hydrogen) atoms. The number of anilines is 2. The Hall–Kier alpha value is -2.30. The molecule has 2 aromatic rings. The van der Waals surface area contributed by atoms with Crippen LogP contribution in [-0.2, 0) is 18.3 Å². The van der Waals surface area contributed by atoms with E-state index in [2.05, 4.69) is 34.3 Å². The number of amides is 1. The van der Waals surface area contributed by atoms with Gasteiger partial charge in [-0.25, -0.2) is 0 Å². The van der Waals surface area contributed by atoms with Crippen molar-refractivity contribution >= 4 is 17.4 Å². The van der Waals surface area contributed by atoms with Crippen molar-refractivity contribution in [3.05, 3.63) is 42.1 Å². The van der Waals surface area contributed by atoms with Crippen molar-refractivity contribution in [1.29, 1.82) is 0 Å². The Kier molecular flexibility index (Phi) is 3.13. The van der Waals surface area contributed by atoms with Crippen LogP contribution in [0.4, 0.5) is 11.5 Å². The van der Waals surface area contributed by atoms with Crippen molar-refractivity contribution in [3.63, 3.8) is 0 Å². The Morgan fingerprint density at radius 2 is 2.05 bits per heavy atom. The molecule has 1 fully saturated rings. The maximum Gasteiger partial charge on any atom is 0.250 e. The number of carbonyl (C=O) groups excluding carboxylic acids is 1. The SMILES string of the molecule is Cn1ccc(N2CCC[C@H](N3CCc4ccccc43)C2=O)n1. The van der Waals surface area contributed by atoms with Crippen LogP contribution >= 0.6 is 0 Å². The van der Waals surface area contributed by atoms with Gasteiger partial charge in [-0.2, -0.15) is 5.10 Å². The van der Waals surface area contributed by atoms with Crippen LogP contribution in [0.1, 0.15) is 18.4 Å². The Morgan fingerprint density at radius 1 is 1.18 bits per heavy atom. The van der Waals surface area contributed by atoms with Gasteiger partial charge in [0.2, 0.25) is 0 Å². The highest BCUT2D eigenvalue weighted by atomic mass is 16.2. The summed E-state index contributed by atoms with van der Waals surface area (Å²) < 4.78 is 1.75. The van der Waals surface area contributed by atoms with Crippen molar-refractivity contribution in [3.8, 4) is 0 Å². The van der Waals surface area contributed by atoms with E-state index in [9.17, 15) is 4.79 Å². The summed E-state index contributed by atoms with van der Waals surface area (Å²) in [4.78, 5) is 17.1. The second-order valence-corrected chi connectivity index (χ2v) is 6.07. The normalized spacial score (nSPS) is 21.3. The smallest absolute Gasteiger partial charge is 0.250 e. The molecule has 0 radical (unpaired) electrons. The number of nitrogens with zero attached hydrogens (tertiary/aromatic N) is 4. The third kappa shape index (κ3) is 2.08. The molecule has 2 aliphatic heterocycles. The Labute approximate surface area is 130 Å². The molecule has 0 N–H and O–H groups in total. The number of carbonyl (C=O) groups is 1. The van der Waals surface area contributed by atoms with Crippen molar-refractivity contribution in [2.75, 3.05) is 22.9 Å². The molecule has 4 rings (SSSR count). The largest absolute Gasteiger partial charge is 0.359 e.